The van der Waals surface area contributed by atoms with Gasteiger partial charge < -0.3 is 14.5 Å². The molecule has 2 aliphatic rings. The first-order valence-corrected chi connectivity index (χ1v) is 11.2. The average Bonchev–Trinajstić information content (AvgIpc) is 3.53. The standard InChI is InChI=1S/C24H26N6O3/c1-33-22-9-8-18(13-25-22)23(31)30-11-4-7-20(30)15-29-16-21(26-27-29)24(32)28-12-10-17-5-2-3-6-19(17)14-28/h2-3,5-6,8-9,13,16,20H,4,7,10-12,14-15H2,1H3. The van der Waals surface area contributed by atoms with Gasteiger partial charge in [0.15, 0.2) is 5.69 Å². The van der Waals surface area contributed by atoms with Crippen molar-refractivity contribution in [1.82, 2.24) is 29.8 Å². The molecule has 4 heterocycles. The van der Waals surface area contributed by atoms with Gasteiger partial charge >= 0.3 is 0 Å². The fourth-order valence-electron chi connectivity index (χ4n) is 4.62. The zero-order valence-corrected chi connectivity index (χ0v) is 18.6. The van der Waals surface area contributed by atoms with Gasteiger partial charge in [-0.15, -0.1) is 5.10 Å². The van der Waals surface area contributed by atoms with Crippen molar-refractivity contribution in [3.63, 3.8) is 0 Å². The highest BCUT2D eigenvalue weighted by molar-refractivity contribution is 5.94. The van der Waals surface area contributed by atoms with Gasteiger partial charge in [-0.1, -0.05) is 29.5 Å². The van der Waals surface area contributed by atoms with Crippen LogP contribution in [0.25, 0.3) is 0 Å². The normalized spacial score (nSPS) is 17.7. The average molecular weight is 447 g/mol. The Morgan fingerprint density at radius 3 is 2.73 bits per heavy atom. The third-order valence-electron chi connectivity index (χ3n) is 6.40. The molecule has 1 saturated heterocycles. The van der Waals surface area contributed by atoms with Gasteiger partial charge in [-0.05, 0) is 36.5 Å². The van der Waals surface area contributed by atoms with Crippen LogP contribution in [0.1, 0.15) is 44.8 Å². The Morgan fingerprint density at radius 2 is 1.94 bits per heavy atom. The molecule has 9 heteroatoms. The number of hydrogen-bond acceptors (Lipinski definition) is 6. The van der Waals surface area contributed by atoms with Crippen LogP contribution in [0.5, 0.6) is 5.88 Å². The van der Waals surface area contributed by atoms with Crippen LogP contribution in [0.3, 0.4) is 0 Å². The van der Waals surface area contributed by atoms with Crippen LogP contribution in [0.15, 0.2) is 48.8 Å². The molecule has 0 aliphatic carbocycles. The molecule has 170 valence electrons. The lowest BCUT2D eigenvalue weighted by Crippen LogP contribution is -2.38. The molecule has 1 aromatic carbocycles. The minimum absolute atomic E-state index is 0.00822. The van der Waals surface area contributed by atoms with E-state index in [0.717, 1.165) is 19.3 Å². The third kappa shape index (κ3) is 4.30. The molecule has 2 aromatic heterocycles. The molecular weight excluding hydrogens is 420 g/mol. The minimum atomic E-state index is -0.112. The van der Waals surface area contributed by atoms with Gasteiger partial charge in [0.05, 0.1) is 31.5 Å². The summed E-state index contributed by atoms with van der Waals surface area (Å²) in [6.07, 6.45) is 5.88. The van der Waals surface area contributed by atoms with E-state index in [1.165, 1.54) is 11.1 Å². The van der Waals surface area contributed by atoms with Crippen molar-refractivity contribution in [3.8, 4) is 5.88 Å². The predicted octanol–water partition coefficient (Wildman–Crippen LogP) is 2.19. The van der Waals surface area contributed by atoms with E-state index >= 15 is 0 Å². The summed E-state index contributed by atoms with van der Waals surface area (Å²) in [6, 6.07) is 11.6. The Labute approximate surface area is 192 Å². The first kappa shape index (κ1) is 21.1. The van der Waals surface area contributed by atoms with Crippen molar-refractivity contribution < 1.29 is 14.3 Å². The second kappa shape index (κ2) is 9.01. The monoisotopic (exact) mass is 446 g/mol. The first-order chi connectivity index (χ1) is 16.1. The quantitative estimate of drug-likeness (QED) is 0.596. The summed E-state index contributed by atoms with van der Waals surface area (Å²) in [5.41, 5.74) is 3.34. The summed E-state index contributed by atoms with van der Waals surface area (Å²) in [4.78, 5) is 33.8. The molecule has 1 atom stereocenters. The largest absolute Gasteiger partial charge is 0.481 e. The summed E-state index contributed by atoms with van der Waals surface area (Å²) >= 11 is 0. The maximum absolute atomic E-state index is 13.0. The summed E-state index contributed by atoms with van der Waals surface area (Å²) in [5.74, 6) is 0.303. The number of carbonyl (C=O) groups excluding carboxylic acids is 2. The van der Waals surface area contributed by atoms with Crippen LogP contribution in [0.4, 0.5) is 0 Å². The maximum Gasteiger partial charge on any atom is 0.276 e. The maximum atomic E-state index is 13.0. The molecule has 0 radical (unpaired) electrons. The summed E-state index contributed by atoms with van der Waals surface area (Å²) in [7, 11) is 1.54. The van der Waals surface area contributed by atoms with E-state index in [-0.39, 0.29) is 17.9 Å². The molecule has 0 spiro atoms. The van der Waals surface area contributed by atoms with Crippen LogP contribution in [0, 0.1) is 0 Å². The Morgan fingerprint density at radius 1 is 1.09 bits per heavy atom. The number of fused-ring (bicyclic) bond motifs is 1. The van der Waals surface area contributed by atoms with Crippen molar-refractivity contribution in [2.45, 2.75) is 38.4 Å². The van der Waals surface area contributed by atoms with Gasteiger partial charge in [-0.3, -0.25) is 9.59 Å². The van der Waals surface area contributed by atoms with Gasteiger partial charge in [-0.2, -0.15) is 0 Å². The molecule has 9 nitrogen and oxygen atoms in total. The topological polar surface area (TPSA) is 93.5 Å². The lowest BCUT2D eigenvalue weighted by molar-refractivity contribution is 0.0714. The molecule has 0 bridgehead atoms. The van der Waals surface area contributed by atoms with Gasteiger partial charge in [-0.25, -0.2) is 9.67 Å². The summed E-state index contributed by atoms with van der Waals surface area (Å²) < 4.78 is 6.75. The molecule has 2 amide bonds. The van der Waals surface area contributed by atoms with Crippen molar-refractivity contribution in [2.24, 2.45) is 0 Å². The molecule has 0 N–H and O–H groups in total. The molecule has 0 saturated carbocycles. The Balaban J connectivity index is 1.24. The number of carbonyl (C=O) groups is 2. The van der Waals surface area contributed by atoms with E-state index < -0.39 is 0 Å². The highest BCUT2D eigenvalue weighted by Gasteiger charge is 2.31. The van der Waals surface area contributed by atoms with Gasteiger partial charge in [0.25, 0.3) is 11.8 Å². The van der Waals surface area contributed by atoms with Crippen molar-refractivity contribution in [2.75, 3.05) is 20.2 Å². The second-order valence-electron chi connectivity index (χ2n) is 8.46. The van der Waals surface area contributed by atoms with Crippen molar-refractivity contribution >= 4 is 11.8 Å². The molecule has 1 unspecified atom stereocenters. The van der Waals surface area contributed by atoms with E-state index in [1.54, 1.807) is 36.3 Å². The highest BCUT2D eigenvalue weighted by Crippen LogP contribution is 2.23. The van der Waals surface area contributed by atoms with Crippen LogP contribution >= 0.6 is 0 Å². The van der Waals surface area contributed by atoms with Crippen molar-refractivity contribution in [3.05, 3.63) is 71.2 Å². The van der Waals surface area contributed by atoms with Crippen LogP contribution in [-0.2, 0) is 19.5 Å². The van der Waals surface area contributed by atoms with E-state index in [4.69, 9.17) is 4.74 Å². The zero-order valence-electron chi connectivity index (χ0n) is 18.6. The molecular formula is C24H26N6O3. The Hall–Kier alpha value is -3.75. The SMILES string of the molecule is COc1ccc(C(=O)N2CCCC2Cn2cc(C(=O)N3CCc4ccccc4C3)nn2)cn1. The highest BCUT2D eigenvalue weighted by atomic mass is 16.5. The fourth-order valence-corrected chi connectivity index (χ4v) is 4.62. The van der Waals surface area contributed by atoms with Gasteiger partial charge in [0.1, 0.15) is 0 Å². The number of hydrogen-bond donors (Lipinski definition) is 0. The van der Waals surface area contributed by atoms with Crippen LogP contribution in [-0.4, -0.2) is 67.8 Å². The van der Waals surface area contributed by atoms with E-state index in [9.17, 15) is 9.59 Å². The van der Waals surface area contributed by atoms with Crippen LogP contribution < -0.4 is 4.74 Å². The van der Waals surface area contributed by atoms with Crippen LogP contribution in [0.2, 0.25) is 0 Å². The number of likely N-dealkylation sites (tertiary alicyclic amines) is 1. The lowest BCUT2D eigenvalue weighted by Gasteiger charge is -2.28. The number of amides is 2. The number of aromatic nitrogens is 4. The fraction of sp³-hybridized carbons (Fsp3) is 0.375. The van der Waals surface area contributed by atoms with E-state index in [1.807, 2.05) is 21.9 Å². The van der Waals surface area contributed by atoms with E-state index in [2.05, 4.69) is 27.4 Å². The number of rotatable bonds is 5. The second-order valence-corrected chi connectivity index (χ2v) is 8.46. The lowest BCUT2D eigenvalue weighted by atomic mass is 10.00. The Kier molecular flexibility index (Phi) is 5.77. The third-order valence-corrected chi connectivity index (χ3v) is 6.40. The van der Waals surface area contributed by atoms with Gasteiger partial charge in [0, 0.05) is 31.9 Å². The zero-order chi connectivity index (χ0) is 22.8. The Bertz CT molecular complexity index is 1160. The molecule has 3 aromatic rings. The van der Waals surface area contributed by atoms with E-state index in [0.29, 0.717) is 43.3 Å². The number of nitrogens with zero attached hydrogens (tertiary/aromatic N) is 6. The molecule has 33 heavy (non-hydrogen) atoms. The molecule has 2 aliphatic heterocycles. The smallest absolute Gasteiger partial charge is 0.276 e. The summed E-state index contributed by atoms with van der Waals surface area (Å²) in [6.45, 7) is 2.44. The first-order valence-electron chi connectivity index (χ1n) is 11.2. The number of benzene rings is 1. The summed E-state index contributed by atoms with van der Waals surface area (Å²) in [5, 5.41) is 8.31. The number of methoxy groups -OCH3 is 1. The molecule has 5 rings (SSSR count). The number of ether oxygens (including phenoxy) is 1. The molecule has 1 fully saturated rings. The predicted molar refractivity (Wildman–Crippen MR) is 120 cm³/mol. The van der Waals surface area contributed by atoms with Crippen molar-refractivity contribution in [1.29, 1.82) is 0 Å². The van der Waals surface area contributed by atoms with Gasteiger partial charge in [0.2, 0.25) is 5.88 Å². The minimum Gasteiger partial charge on any atom is -0.481 e. The number of pyridine rings is 1.